The minimum Gasteiger partial charge on any atom is -0.875 e. The summed E-state index contributed by atoms with van der Waals surface area (Å²) in [5, 5.41) is 40.2. The number of rotatable bonds is 16. The normalized spacial score (nSPS) is 11.0. The number of aliphatic carboxylic acids is 3. The smallest absolute Gasteiger partial charge is 0.875 e. The van der Waals surface area contributed by atoms with Crippen molar-refractivity contribution < 1.29 is 72.5 Å². The van der Waals surface area contributed by atoms with Gasteiger partial charge in [-0.15, -0.1) is 5.76 Å². The molecule has 0 aliphatic carbocycles. The van der Waals surface area contributed by atoms with Crippen LogP contribution in [0.2, 0.25) is 0 Å². The van der Waals surface area contributed by atoms with E-state index in [0.717, 1.165) is 6.42 Å². The topological polar surface area (TPSA) is 144 Å². The molecule has 0 rings (SSSR count). The van der Waals surface area contributed by atoms with Gasteiger partial charge in [0.15, 0.2) is 0 Å². The van der Waals surface area contributed by atoms with E-state index < -0.39 is 17.9 Å². The van der Waals surface area contributed by atoms with Crippen LogP contribution in [0.25, 0.3) is 0 Å². The SMILES string of the molecule is CCC/C=C(\[O-])CN(CCC(=O)O)CCN(CCC(=O)[O-])CCC(=O)O.[Li+].[Li+]. The first-order chi connectivity index (χ1) is 12.2. The molecular weight excluding hydrogens is 358 g/mol. The van der Waals surface area contributed by atoms with Crippen molar-refractivity contribution in [1.82, 2.24) is 9.80 Å². The molecule has 0 radical (unpaired) electrons. The monoisotopic (exact) mass is 386 g/mol. The summed E-state index contributed by atoms with van der Waals surface area (Å²) >= 11 is 0. The average molecular weight is 386 g/mol. The van der Waals surface area contributed by atoms with Gasteiger partial charge in [0.2, 0.25) is 0 Å². The van der Waals surface area contributed by atoms with Crippen molar-refractivity contribution >= 4 is 17.9 Å². The molecule has 0 aliphatic heterocycles. The molecule has 0 unspecified atom stereocenters. The first-order valence-corrected chi connectivity index (χ1v) is 8.68. The number of hydrogen-bond donors (Lipinski definition) is 2. The molecule has 0 saturated carbocycles. The Balaban J connectivity index is -0.00000312. The van der Waals surface area contributed by atoms with Gasteiger partial charge >= 0.3 is 49.7 Å². The Morgan fingerprint density at radius 3 is 1.75 bits per heavy atom. The van der Waals surface area contributed by atoms with E-state index in [4.69, 9.17) is 10.2 Å². The number of carboxylic acid groups (broad SMARTS) is 3. The van der Waals surface area contributed by atoms with Crippen molar-refractivity contribution in [2.24, 2.45) is 0 Å². The Hall–Kier alpha value is -0.935. The number of nitrogens with zero attached hydrogens (tertiary/aromatic N) is 2. The summed E-state index contributed by atoms with van der Waals surface area (Å²) < 4.78 is 0. The molecule has 0 fully saturated rings. The Morgan fingerprint density at radius 1 is 0.821 bits per heavy atom. The molecule has 9 nitrogen and oxygen atoms in total. The van der Waals surface area contributed by atoms with Gasteiger partial charge in [-0.1, -0.05) is 19.4 Å². The fourth-order valence-electron chi connectivity index (χ4n) is 2.24. The predicted molar refractivity (Wildman–Crippen MR) is 90.0 cm³/mol. The second-order valence-electron chi connectivity index (χ2n) is 5.99. The van der Waals surface area contributed by atoms with Gasteiger partial charge in [-0.3, -0.25) is 14.5 Å². The fraction of sp³-hybridized carbons (Fsp3) is 0.706. The standard InChI is InChI=1S/C17H30N2O7.2Li/c1-2-3-4-14(20)13-19(10-7-17(25)26)12-11-18(8-5-15(21)22)9-6-16(23)24;;/h4,20H,2-3,5-13H2,1H3,(H,21,22)(H,23,24)(H,25,26);;/q;2*+1/p-2/b14-4-;;. The van der Waals surface area contributed by atoms with Crippen molar-refractivity contribution in [3.05, 3.63) is 11.8 Å². The zero-order valence-electron chi connectivity index (χ0n) is 17.2. The summed E-state index contributed by atoms with van der Waals surface area (Å²) in [7, 11) is 0. The Kier molecular flexibility index (Phi) is 22.0. The van der Waals surface area contributed by atoms with Crippen LogP contribution in [0.5, 0.6) is 0 Å². The van der Waals surface area contributed by atoms with Crippen LogP contribution in [0.15, 0.2) is 11.8 Å². The van der Waals surface area contributed by atoms with E-state index in [1.807, 2.05) is 6.92 Å². The molecule has 0 aromatic heterocycles. The zero-order valence-corrected chi connectivity index (χ0v) is 17.2. The second kappa shape index (κ2) is 19.4. The third kappa shape index (κ3) is 19.8. The number of hydrogen-bond acceptors (Lipinski definition) is 7. The quantitative estimate of drug-likeness (QED) is 0.195. The fourth-order valence-corrected chi connectivity index (χ4v) is 2.24. The minimum atomic E-state index is -1.22. The van der Waals surface area contributed by atoms with Crippen LogP contribution in [0.4, 0.5) is 0 Å². The molecule has 28 heavy (non-hydrogen) atoms. The molecule has 0 bridgehead atoms. The van der Waals surface area contributed by atoms with Gasteiger partial charge in [-0.05, 0) is 12.8 Å². The maximum atomic E-state index is 11.9. The Labute approximate surface area is 190 Å². The van der Waals surface area contributed by atoms with Crippen LogP contribution < -0.4 is 47.9 Å². The molecule has 11 heteroatoms. The molecule has 0 amide bonds. The van der Waals surface area contributed by atoms with Gasteiger partial charge in [0.05, 0.1) is 12.8 Å². The van der Waals surface area contributed by atoms with Crippen molar-refractivity contribution in [1.29, 1.82) is 0 Å². The maximum absolute atomic E-state index is 11.9. The molecule has 0 aliphatic rings. The second-order valence-corrected chi connectivity index (χ2v) is 5.99. The zero-order chi connectivity index (χ0) is 19.9. The summed E-state index contributed by atoms with van der Waals surface area (Å²) in [5.41, 5.74) is 0. The first kappa shape index (κ1) is 31.8. The minimum absolute atomic E-state index is 0. The van der Waals surface area contributed by atoms with Crippen molar-refractivity contribution in [3.63, 3.8) is 0 Å². The Morgan fingerprint density at radius 2 is 1.29 bits per heavy atom. The Bertz CT molecular complexity index is 472. The summed E-state index contributed by atoms with van der Waals surface area (Å²) in [6.07, 6.45) is 2.60. The summed E-state index contributed by atoms with van der Waals surface area (Å²) in [6.45, 7) is 3.20. The molecule has 0 saturated heterocycles. The summed E-state index contributed by atoms with van der Waals surface area (Å²) in [5.74, 6) is -3.28. The van der Waals surface area contributed by atoms with Crippen LogP contribution in [0.1, 0.15) is 39.0 Å². The van der Waals surface area contributed by atoms with E-state index in [1.165, 1.54) is 0 Å². The largest absolute Gasteiger partial charge is 1.00 e. The number of allylic oxidation sites excluding steroid dienone is 1. The van der Waals surface area contributed by atoms with Crippen LogP contribution in [0, 0.1) is 0 Å². The van der Waals surface area contributed by atoms with Gasteiger partial charge < -0.3 is 30.1 Å². The third-order valence-corrected chi connectivity index (χ3v) is 3.69. The van der Waals surface area contributed by atoms with Gasteiger partial charge in [0.25, 0.3) is 0 Å². The molecule has 0 aromatic carbocycles. The average Bonchev–Trinajstić information content (AvgIpc) is 2.56. The van der Waals surface area contributed by atoms with Crippen molar-refractivity contribution in [3.8, 4) is 0 Å². The van der Waals surface area contributed by atoms with E-state index in [-0.39, 0.29) is 88.9 Å². The molecular formula is C17H28Li2N2O7. The van der Waals surface area contributed by atoms with E-state index in [2.05, 4.69) is 0 Å². The van der Waals surface area contributed by atoms with Crippen LogP contribution in [0.3, 0.4) is 0 Å². The summed E-state index contributed by atoms with van der Waals surface area (Å²) in [4.78, 5) is 35.5. The predicted octanol–water partition coefficient (Wildman–Crippen LogP) is -7.27. The van der Waals surface area contributed by atoms with Crippen molar-refractivity contribution in [2.45, 2.75) is 39.0 Å². The third-order valence-electron chi connectivity index (χ3n) is 3.69. The molecule has 0 atom stereocenters. The van der Waals surface area contributed by atoms with E-state index in [0.29, 0.717) is 19.5 Å². The molecule has 150 valence electrons. The van der Waals surface area contributed by atoms with Crippen LogP contribution in [-0.2, 0) is 14.4 Å². The molecule has 0 heterocycles. The maximum Gasteiger partial charge on any atom is 1.00 e. The number of carbonyl (C=O) groups excluding carboxylic acids is 1. The number of carbonyl (C=O) groups is 3. The van der Waals surface area contributed by atoms with Gasteiger partial charge in [0.1, 0.15) is 0 Å². The summed E-state index contributed by atoms with van der Waals surface area (Å²) in [6, 6.07) is 0. The van der Waals surface area contributed by atoms with Gasteiger partial charge in [0, 0.05) is 45.2 Å². The van der Waals surface area contributed by atoms with E-state index in [9.17, 15) is 24.6 Å². The number of unbranched alkanes of at least 4 members (excludes halogenated alkanes) is 1. The van der Waals surface area contributed by atoms with Gasteiger partial charge in [-0.2, -0.15) is 0 Å². The van der Waals surface area contributed by atoms with Crippen molar-refractivity contribution in [2.75, 3.05) is 39.3 Å². The van der Waals surface area contributed by atoms with Crippen LogP contribution in [-0.4, -0.2) is 77.2 Å². The van der Waals surface area contributed by atoms with Crippen LogP contribution >= 0.6 is 0 Å². The van der Waals surface area contributed by atoms with E-state index in [1.54, 1.807) is 15.9 Å². The first-order valence-electron chi connectivity index (χ1n) is 8.68. The number of carboxylic acids is 3. The molecule has 0 aromatic rings. The van der Waals surface area contributed by atoms with E-state index >= 15 is 0 Å². The molecule has 2 N–H and O–H groups in total. The molecule has 0 spiro atoms. The van der Waals surface area contributed by atoms with Gasteiger partial charge in [-0.25, -0.2) is 0 Å².